The SMILES string of the molecule is CC(C)(N)C(=O)N[C@H](Cc1csc2ccccc12)C(=O)N[C@H](Cc1ccc2ccccc2c1)NC=O. The molecule has 186 valence electrons. The lowest BCUT2D eigenvalue weighted by Crippen LogP contribution is -2.59. The summed E-state index contributed by atoms with van der Waals surface area (Å²) in [5.74, 6) is -0.834. The topological polar surface area (TPSA) is 113 Å². The largest absolute Gasteiger partial charge is 0.342 e. The second-order valence-corrected chi connectivity index (χ2v) is 10.4. The Morgan fingerprint density at radius 2 is 1.69 bits per heavy atom. The molecule has 3 amide bonds. The lowest BCUT2D eigenvalue weighted by molar-refractivity contribution is -0.131. The van der Waals surface area contributed by atoms with Gasteiger partial charge in [-0.15, -0.1) is 11.3 Å². The van der Waals surface area contributed by atoms with E-state index >= 15 is 0 Å². The summed E-state index contributed by atoms with van der Waals surface area (Å²) < 4.78 is 1.11. The normalized spacial score (nSPS) is 13.2. The second kappa shape index (κ2) is 10.9. The van der Waals surface area contributed by atoms with Gasteiger partial charge in [-0.05, 0) is 52.6 Å². The van der Waals surface area contributed by atoms with Crippen LogP contribution in [0, 0.1) is 0 Å². The fraction of sp³-hybridized carbons (Fsp3) is 0.250. The third-order valence-corrected chi connectivity index (χ3v) is 7.04. The monoisotopic (exact) mass is 502 g/mol. The van der Waals surface area contributed by atoms with E-state index in [1.165, 1.54) is 0 Å². The van der Waals surface area contributed by atoms with E-state index in [2.05, 4.69) is 16.0 Å². The van der Waals surface area contributed by atoms with Gasteiger partial charge in [0, 0.05) is 17.5 Å². The smallest absolute Gasteiger partial charge is 0.244 e. The standard InChI is InChI=1S/C28H30N4O3S/c1-28(2,29)27(35)31-23(15-21-16-36-24-10-6-5-9-22(21)24)26(34)32-25(30-17-33)14-18-11-12-19-7-3-4-8-20(19)13-18/h3-13,16-17,23,25H,14-15,29H2,1-2H3,(H,30,33)(H,31,35)(H,32,34)/t23-,25-/m1/s1. The summed E-state index contributed by atoms with van der Waals surface area (Å²) in [6.07, 6.45) is 0.594. The molecule has 7 nitrogen and oxygen atoms in total. The van der Waals surface area contributed by atoms with Crippen LogP contribution in [0.1, 0.15) is 25.0 Å². The Morgan fingerprint density at radius 3 is 2.44 bits per heavy atom. The zero-order valence-corrected chi connectivity index (χ0v) is 21.1. The number of amides is 3. The summed E-state index contributed by atoms with van der Waals surface area (Å²) in [7, 11) is 0. The van der Waals surface area contributed by atoms with Gasteiger partial charge in [0.05, 0.1) is 5.54 Å². The van der Waals surface area contributed by atoms with E-state index in [-0.39, 0.29) is 0 Å². The van der Waals surface area contributed by atoms with Crippen molar-refractivity contribution in [3.05, 3.63) is 83.2 Å². The zero-order chi connectivity index (χ0) is 25.7. The molecule has 3 aromatic carbocycles. The highest BCUT2D eigenvalue weighted by molar-refractivity contribution is 7.17. The lowest BCUT2D eigenvalue weighted by Gasteiger charge is -2.26. The molecule has 0 fully saturated rings. The minimum atomic E-state index is -1.15. The molecule has 1 aromatic heterocycles. The van der Waals surface area contributed by atoms with Crippen molar-refractivity contribution in [3.8, 4) is 0 Å². The van der Waals surface area contributed by atoms with E-state index in [4.69, 9.17) is 5.73 Å². The fourth-order valence-corrected chi connectivity index (χ4v) is 5.05. The summed E-state index contributed by atoms with van der Waals surface area (Å²) in [4.78, 5) is 37.5. The quantitative estimate of drug-likeness (QED) is 0.197. The van der Waals surface area contributed by atoms with Crippen molar-refractivity contribution >= 4 is 50.4 Å². The fourth-order valence-electron chi connectivity index (χ4n) is 4.07. The van der Waals surface area contributed by atoms with E-state index in [9.17, 15) is 14.4 Å². The number of hydrogen-bond acceptors (Lipinski definition) is 5. The van der Waals surface area contributed by atoms with Crippen LogP contribution in [0.25, 0.3) is 20.9 Å². The molecule has 0 saturated carbocycles. The van der Waals surface area contributed by atoms with Gasteiger partial charge in [-0.3, -0.25) is 14.4 Å². The van der Waals surface area contributed by atoms with Crippen LogP contribution in [0.4, 0.5) is 0 Å². The maximum absolute atomic E-state index is 13.4. The molecule has 5 N–H and O–H groups in total. The van der Waals surface area contributed by atoms with Crippen LogP contribution in [0.3, 0.4) is 0 Å². The van der Waals surface area contributed by atoms with Gasteiger partial charge in [0.2, 0.25) is 18.2 Å². The predicted molar refractivity (Wildman–Crippen MR) is 145 cm³/mol. The van der Waals surface area contributed by atoms with Crippen LogP contribution < -0.4 is 21.7 Å². The van der Waals surface area contributed by atoms with E-state index in [0.717, 1.165) is 32.0 Å². The zero-order valence-electron chi connectivity index (χ0n) is 20.3. The maximum atomic E-state index is 13.4. The minimum absolute atomic E-state index is 0.293. The number of nitrogens with one attached hydrogen (secondary N) is 3. The van der Waals surface area contributed by atoms with Gasteiger partial charge in [-0.1, -0.05) is 60.7 Å². The van der Waals surface area contributed by atoms with Gasteiger partial charge in [-0.2, -0.15) is 0 Å². The summed E-state index contributed by atoms with van der Waals surface area (Å²) in [6, 6.07) is 21.1. The van der Waals surface area contributed by atoms with Crippen molar-refractivity contribution in [1.82, 2.24) is 16.0 Å². The van der Waals surface area contributed by atoms with E-state index in [1.54, 1.807) is 25.2 Å². The maximum Gasteiger partial charge on any atom is 0.244 e. The number of carbonyl (C=O) groups excluding carboxylic acids is 3. The molecule has 0 saturated heterocycles. The number of thiophene rings is 1. The Balaban J connectivity index is 1.55. The molecule has 0 spiro atoms. The first-order valence-corrected chi connectivity index (χ1v) is 12.7. The highest BCUT2D eigenvalue weighted by Crippen LogP contribution is 2.26. The number of hydrogen-bond donors (Lipinski definition) is 4. The van der Waals surface area contributed by atoms with E-state index < -0.39 is 29.6 Å². The van der Waals surface area contributed by atoms with E-state index in [0.29, 0.717) is 19.3 Å². The lowest BCUT2D eigenvalue weighted by atomic mass is 10.0. The molecule has 0 bridgehead atoms. The van der Waals surface area contributed by atoms with Gasteiger partial charge in [0.25, 0.3) is 0 Å². The number of carbonyl (C=O) groups is 3. The van der Waals surface area contributed by atoms with Crippen molar-refractivity contribution in [2.45, 2.75) is 44.4 Å². The highest BCUT2D eigenvalue weighted by Gasteiger charge is 2.30. The van der Waals surface area contributed by atoms with Crippen molar-refractivity contribution < 1.29 is 14.4 Å². The van der Waals surface area contributed by atoms with Gasteiger partial charge >= 0.3 is 0 Å². The minimum Gasteiger partial charge on any atom is -0.342 e. The highest BCUT2D eigenvalue weighted by atomic mass is 32.1. The first kappa shape index (κ1) is 25.3. The summed E-state index contributed by atoms with van der Waals surface area (Å²) in [6.45, 7) is 3.18. The number of benzene rings is 3. The molecular formula is C28H30N4O3S. The van der Waals surface area contributed by atoms with Gasteiger partial charge in [-0.25, -0.2) is 0 Å². The van der Waals surface area contributed by atoms with Crippen LogP contribution in [0.2, 0.25) is 0 Å². The summed E-state index contributed by atoms with van der Waals surface area (Å²) in [5, 5.41) is 13.6. The first-order valence-electron chi connectivity index (χ1n) is 11.8. The molecule has 0 radical (unpaired) electrons. The molecule has 8 heteroatoms. The third-order valence-electron chi connectivity index (χ3n) is 6.03. The molecule has 0 aliphatic heterocycles. The van der Waals surface area contributed by atoms with Crippen molar-refractivity contribution in [2.24, 2.45) is 5.73 Å². The molecule has 1 heterocycles. The predicted octanol–water partition coefficient (Wildman–Crippen LogP) is 3.25. The van der Waals surface area contributed by atoms with Gasteiger partial charge in [0.1, 0.15) is 12.2 Å². The van der Waals surface area contributed by atoms with Crippen LogP contribution in [-0.4, -0.2) is 36.0 Å². The van der Waals surface area contributed by atoms with Crippen LogP contribution >= 0.6 is 11.3 Å². The molecular weight excluding hydrogens is 472 g/mol. The summed E-state index contributed by atoms with van der Waals surface area (Å²) >= 11 is 1.59. The molecule has 0 unspecified atom stereocenters. The Bertz CT molecular complexity index is 1390. The first-order chi connectivity index (χ1) is 17.2. The van der Waals surface area contributed by atoms with Crippen LogP contribution in [-0.2, 0) is 27.2 Å². The molecule has 2 atom stereocenters. The number of rotatable bonds is 10. The Labute approximate surface area is 214 Å². The molecule has 0 aliphatic carbocycles. The second-order valence-electron chi connectivity index (χ2n) is 9.44. The van der Waals surface area contributed by atoms with Crippen LogP contribution in [0.5, 0.6) is 0 Å². The molecule has 4 aromatic rings. The van der Waals surface area contributed by atoms with Gasteiger partial charge < -0.3 is 21.7 Å². The number of nitrogens with two attached hydrogens (primary N) is 1. The average Bonchev–Trinajstić information content (AvgIpc) is 3.26. The van der Waals surface area contributed by atoms with Crippen molar-refractivity contribution in [1.29, 1.82) is 0 Å². The van der Waals surface area contributed by atoms with Gasteiger partial charge in [0.15, 0.2) is 0 Å². The molecule has 0 aliphatic rings. The Hall–Kier alpha value is -3.75. The average molecular weight is 503 g/mol. The molecule has 4 rings (SSSR count). The van der Waals surface area contributed by atoms with Crippen LogP contribution in [0.15, 0.2) is 72.1 Å². The third kappa shape index (κ3) is 6.08. The Kier molecular flexibility index (Phi) is 7.67. The number of fused-ring (bicyclic) bond motifs is 2. The summed E-state index contributed by atoms with van der Waals surface area (Å²) in [5.41, 5.74) is 6.75. The molecule has 36 heavy (non-hydrogen) atoms. The Morgan fingerprint density at radius 1 is 0.972 bits per heavy atom. The van der Waals surface area contributed by atoms with E-state index in [1.807, 2.05) is 72.1 Å². The van der Waals surface area contributed by atoms with Crippen molar-refractivity contribution in [3.63, 3.8) is 0 Å². The van der Waals surface area contributed by atoms with Crippen molar-refractivity contribution in [2.75, 3.05) is 0 Å².